The maximum atomic E-state index is 4.63. The maximum absolute atomic E-state index is 4.63. The highest BCUT2D eigenvalue weighted by Gasteiger charge is 2.39. The quantitative estimate of drug-likeness (QED) is 0.928. The van der Waals surface area contributed by atoms with Crippen LogP contribution in [0, 0.1) is 11.8 Å². The van der Waals surface area contributed by atoms with Crippen LogP contribution in [-0.4, -0.2) is 20.6 Å². The van der Waals surface area contributed by atoms with E-state index in [1.54, 1.807) is 0 Å². The third-order valence-corrected chi connectivity index (χ3v) is 5.06. The first-order chi connectivity index (χ1) is 9.70. The molecule has 4 heteroatoms. The molecule has 0 aliphatic heterocycles. The summed E-state index contributed by atoms with van der Waals surface area (Å²) >= 11 is 0. The maximum Gasteiger partial charge on any atom is 0.152 e. The van der Waals surface area contributed by atoms with Crippen molar-refractivity contribution in [3.63, 3.8) is 0 Å². The van der Waals surface area contributed by atoms with E-state index in [4.69, 9.17) is 0 Å². The Hall–Kier alpha value is -1.58. The van der Waals surface area contributed by atoms with Gasteiger partial charge in [-0.05, 0) is 43.1 Å². The standard InChI is InChI=1S/C16H22N4/c1-10(2)13-9-15-16(17-5-6-20(15)19-13)18-14-8-11-3-4-12(14)7-11/h5-6,9-12,14H,3-4,7-8H2,1-2H3,(H,17,18). The topological polar surface area (TPSA) is 42.2 Å². The number of rotatable bonds is 3. The van der Waals surface area contributed by atoms with Crippen molar-refractivity contribution in [1.82, 2.24) is 14.6 Å². The lowest BCUT2D eigenvalue weighted by Crippen LogP contribution is -2.26. The van der Waals surface area contributed by atoms with Gasteiger partial charge in [-0.25, -0.2) is 9.50 Å². The fourth-order valence-corrected chi connectivity index (χ4v) is 3.93. The smallest absolute Gasteiger partial charge is 0.152 e. The van der Waals surface area contributed by atoms with Crippen molar-refractivity contribution in [1.29, 1.82) is 0 Å². The molecule has 0 saturated heterocycles. The molecular weight excluding hydrogens is 248 g/mol. The van der Waals surface area contributed by atoms with Gasteiger partial charge in [-0.1, -0.05) is 20.3 Å². The van der Waals surface area contributed by atoms with Crippen LogP contribution >= 0.6 is 0 Å². The molecule has 2 aliphatic rings. The fourth-order valence-electron chi connectivity index (χ4n) is 3.93. The molecule has 4 nitrogen and oxygen atoms in total. The second-order valence-electron chi connectivity index (χ2n) is 6.76. The van der Waals surface area contributed by atoms with Crippen LogP contribution in [0.25, 0.3) is 5.52 Å². The van der Waals surface area contributed by atoms with Crippen LogP contribution in [0.2, 0.25) is 0 Å². The van der Waals surface area contributed by atoms with Gasteiger partial charge in [0.2, 0.25) is 0 Å². The summed E-state index contributed by atoms with van der Waals surface area (Å²) in [4.78, 5) is 4.55. The number of fused-ring (bicyclic) bond motifs is 3. The monoisotopic (exact) mass is 270 g/mol. The molecule has 2 heterocycles. The summed E-state index contributed by atoms with van der Waals surface area (Å²) in [5.41, 5.74) is 2.24. The normalized spacial score (nSPS) is 28.6. The number of nitrogens with zero attached hydrogens (tertiary/aromatic N) is 3. The van der Waals surface area contributed by atoms with E-state index in [0.717, 1.165) is 28.9 Å². The molecule has 0 amide bonds. The van der Waals surface area contributed by atoms with E-state index in [2.05, 4.69) is 35.3 Å². The zero-order valence-corrected chi connectivity index (χ0v) is 12.2. The highest BCUT2D eigenvalue weighted by molar-refractivity contribution is 5.68. The first kappa shape index (κ1) is 12.2. The van der Waals surface area contributed by atoms with Crippen LogP contribution in [0.3, 0.4) is 0 Å². The van der Waals surface area contributed by atoms with Crippen LogP contribution in [0.1, 0.15) is 51.1 Å². The van der Waals surface area contributed by atoms with Gasteiger partial charge in [0.1, 0.15) is 5.52 Å². The second kappa shape index (κ2) is 4.47. The molecule has 2 saturated carbocycles. The molecule has 106 valence electrons. The number of hydrogen-bond acceptors (Lipinski definition) is 3. The molecule has 3 atom stereocenters. The molecule has 2 fully saturated rings. The van der Waals surface area contributed by atoms with Gasteiger partial charge in [0, 0.05) is 18.4 Å². The Morgan fingerprint density at radius 3 is 2.90 bits per heavy atom. The van der Waals surface area contributed by atoms with E-state index in [9.17, 15) is 0 Å². The van der Waals surface area contributed by atoms with Crippen LogP contribution in [0.15, 0.2) is 18.5 Å². The summed E-state index contributed by atoms with van der Waals surface area (Å²) in [6, 6.07) is 2.79. The molecule has 1 N–H and O–H groups in total. The lowest BCUT2D eigenvalue weighted by atomic mass is 9.95. The largest absolute Gasteiger partial charge is 0.365 e. The predicted molar refractivity (Wildman–Crippen MR) is 79.9 cm³/mol. The highest BCUT2D eigenvalue weighted by Crippen LogP contribution is 2.45. The van der Waals surface area contributed by atoms with Crippen molar-refractivity contribution in [2.45, 2.75) is 51.5 Å². The number of anilines is 1. The minimum absolute atomic E-state index is 0.449. The van der Waals surface area contributed by atoms with Crippen LogP contribution in [-0.2, 0) is 0 Å². The zero-order valence-electron chi connectivity index (χ0n) is 12.2. The van der Waals surface area contributed by atoms with Gasteiger partial charge in [-0.15, -0.1) is 0 Å². The molecule has 2 bridgehead atoms. The average molecular weight is 270 g/mol. The average Bonchev–Trinajstić information content (AvgIpc) is 3.12. The molecule has 2 aromatic rings. The first-order valence-electron chi connectivity index (χ1n) is 7.81. The van der Waals surface area contributed by atoms with Crippen molar-refractivity contribution >= 4 is 11.3 Å². The number of nitrogens with one attached hydrogen (secondary N) is 1. The van der Waals surface area contributed by atoms with Crippen molar-refractivity contribution in [3.8, 4) is 0 Å². The van der Waals surface area contributed by atoms with Crippen LogP contribution < -0.4 is 5.32 Å². The summed E-state index contributed by atoms with van der Waals surface area (Å²) in [5, 5.41) is 8.33. The van der Waals surface area contributed by atoms with Crippen molar-refractivity contribution in [3.05, 3.63) is 24.2 Å². The lowest BCUT2D eigenvalue weighted by Gasteiger charge is -2.23. The van der Waals surface area contributed by atoms with E-state index in [1.807, 2.05) is 16.9 Å². The predicted octanol–water partition coefficient (Wildman–Crippen LogP) is 3.45. The molecule has 2 aliphatic carbocycles. The highest BCUT2D eigenvalue weighted by atomic mass is 15.2. The third-order valence-electron chi connectivity index (χ3n) is 5.06. The molecule has 0 spiro atoms. The summed E-state index contributed by atoms with van der Waals surface area (Å²) < 4.78 is 1.96. The molecule has 3 unspecified atom stereocenters. The summed E-state index contributed by atoms with van der Waals surface area (Å²) in [6.45, 7) is 4.36. The minimum Gasteiger partial charge on any atom is -0.365 e. The Balaban J connectivity index is 1.65. The van der Waals surface area contributed by atoms with Gasteiger partial charge in [-0.3, -0.25) is 0 Å². The summed E-state index contributed by atoms with van der Waals surface area (Å²) in [5.74, 6) is 3.26. The van der Waals surface area contributed by atoms with Crippen molar-refractivity contribution < 1.29 is 0 Å². The number of aromatic nitrogens is 3. The summed E-state index contributed by atoms with van der Waals surface area (Å²) in [6.07, 6.45) is 9.34. The second-order valence-corrected chi connectivity index (χ2v) is 6.76. The van der Waals surface area contributed by atoms with Gasteiger partial charge in [0.15, 0.2) is 5.82 Å². The lowest BCUT2D eigenvalue weighted by molar-refractivity contribution is 0.439. The van der Waals surface area contributed by atoms with E-state index < -0.39 is 0 Å². The van der Waals surface area contributed by atoms with Crippen LogP contribution in [0.4, 0.5) is 5.82 Å². The van der Waals surface area contributed by atoms with Gasteiger partial charge in [0.05, 0.1) is 5.69 Å². The van der Waals surface area contributed by atoms with E-state index in [0.29, 0.717) is 12.0 Å². The van der Waals surface area contributed by atoms with E-state index in [-0.39, 0.29) is 0 Å². The van der Waals surface area contributed by atoms with Crippen LogP contribution in [0.5, 0.6) is 0 Å². The molecule has 4 rings (SSSR count). The van der Waals surface area contributed by atoms with E-state index in [1.165, 1.54) is 25.7 Å². The molecule has 20 heavy (non-hydrogen) atoms. The van der Waals surface area contributed by atoms with Gasteiger partial charge >= 0.3 is 0 Å². The Labute approximate surface area is 119 Å². The molecular formula is C16H22N4. The SMILES string of the molecule is CC(C)c1cc2c(NC3CC4CCC3C4)nccn2n1. The molecule has 0 aromatic carbocycles. The van der Waals surface area contributed by atoms with E-state index >= 15 is 0 Å². The molecule has 2 aromatic heterocycles. The zero-order chi connectivity index (χ0) is 13.7. The van der Waals surface area contributed by atoms with Gasteiger partial charge < -0.3 is 5.32 Å². The molecule has 0 radical (unpaired) electrons. The van der Waals surface area contributed by atoms with Crippen molar-refractivity contribution in [2.75, 3.05) is 5.32 Å². The van der Waals surface area contributed by atoms with Crippen molar-refractivity contribution in [2.24, 2.45) is 11.8 Å². The number of hydrogen-bond donors (Lipinski definition) is 1. The first-order valence-corrected chi connectivity index (χ1v) is 7.81. The Morgan fingerprint density at radius 2 is 2.20 bits per heavy atom. The minimum atomic E-state index is 0.449. The Bertz CT molecular complexity index is 630. The Kier molecular flexibility index (Phi) is 2.72. The van der Waals surface area contributed by atoms with Gasteiger partial charge in [0.25, 0.3) is 0 Å². The fraction of sp³-hybridized carbons (Fsp3) is 0.625. The third kappa shape index (κ3) is 1.89. The Morgan fingerprint density at radius 1 is 1.30 bits per heavy atom. The van der Waals surface area contributed by atoms with Gasteiger partial charge in [-0.2, -0.15) is 5.10 Å². The summed E-state index contributed by atoms with van der Waals surface area (Å²) in [7, 11) is 0.